The van der Waals surface area contributed by atoms with Crippen molar-refractivity contribution in [2.24, 2.45) is 0 Å². The van der Waals surface area contributed by atoms with Crippen molar-refractivity contribution in [3.63, 3.8) is 0 Å². The second kappa shape index (κ2) is 11.3. The van der Waals surface area contributed by atoms with Crippen LogP contribution < -0.4 is 9.64 Å². The molecule has 0 saturated carbocycles. The van der Waals surface area contributed by atoms with Gasteiger partial charge in [-0.3, -0.25) is 4.98 Å². The highest BCUT2D eigenvalue weighted by molar-refractivity contribution is 5.95. The topological polar surface area (TPSA) is 54.4 Å². The molecule has 0 amide bonds. The van der Waals surface area contributed by atoms with Crippen LogP contribution >= 0.6 is 0 Å². The summed E-state index contributed by atoms with van der Waals surface area (Å²) in [5, 5.41) is 0.910. The molecule has 6 nitrogen and oxygen atoms in total. The monoisotopic (exact) mass is 581 g/mol. The number of rotatable bonds is 5. The quantitative estimate of drug-likeness (QED) is 0.222. The maximum Gasteiger partial charge on any atom is 0.178 e. The second-order valence-corrected chi connectivity index (χ2v) is 11.2. The van der Waals surface area contributed by atoms with Crippen LogP contribution in [0, 0.1) is 17.5 Å². The van der Waals surface area contributed by atoms with Crippen LogP contribution in [0.1, 0.15) is 35.7 Å². The van der Waals surface area contributed by atoms with E-state index in [1.54, 1.807) is 12.3 Å². The van der Waals surface area contributed by atoms with E-state index in [2.05, 4.69) is 26.9 Å². The fourth-order valence-corrected chi connectivity index (χ4v) is 6.20. The molecule has 0 spiro atoms. The average Bonchev–Trinajstić information content (AvgIpc) is 3.02. The van der Waals surface area contributed by atoms with Gasteiger partial charge in [0, 0.05) is 23.6 Å². The zero-order chi connectivity index (χ0) is 29.5. The van der Waals surface area contributed by atoms with E-state index in [1.807, 2.05) is 47.4 Å². The Bertz CT molecular complexity index is 1820. The van der Waals surface area contributed by atoms with Gasteiger partial charge in [0.05, 0.1) is 29.6 Å². The van der Waals surface area contributed by atoms with Gasteiger partial charge in [0.25, 0.3) is 0 Å². The summed E-state index contributed by atoms with van der Waals surface area (Å²) in [6.07, 6.45) is 4.88. The molecule has 2 aliphatic rings. The minimum atomic E-state index is -0.676. The van der Waals surface area contributed by atoms with E-state index in [-0.39, 0.29) is 35.2 Å². The van der Waals surface area contributed by atoms with Gasteiger partial charge in [-0.2, -0.15) is 0 Å². The maximum absolute atomic E-state index is 15.5. The minimum Gasteiger partial charge on any atom is -0.486 e. The molecule has 2 aliphatic heterocycles. The standard InChI is InChI=1S/C34H30F3N5O/c1-41-12-9-22(10-13-41)24-8-7-21(16-26(24)35)17-32-39-20-28(37)33(40-32)23-18-27(36)34-31(19-23)42(14-15-43-34)30-6-2-5-29-25(30)4-3-11-38-29/h2-8,11,16,18-20,22H,9-10,12-15,17H2,1H3. The van der Waals surface area contributed by atoms with E-state index in [4.69, 9.17) is 4.74 Å². The van der Waals surface area contributed by atoms with E-state index in [9.17, 15) is 0 Å². The Kier molecular flexibility index (Phi) is 7.18. The molecule has 0 radical (unpaired) electrons. The summed E-state index contributed by atoms with van der Waals surface area (Å²) in [6, 6.07) is 17.8. The first-order chi connectivity index (χ1) is 20.9. The van der Waals surface area contributed by atoms with Crippen LogP contribution in [0.5, 0.6) is 5.75 Å². The maximum atomic E-state index is 15.5. The van der Waals surface area contributed by atoms with Gasteiger partial charge in [-0.1, -0.05) is 18.2 Å². The summed E-state index contributed by atoms with van der Waals surface area (Å²) in [5.41, 5.74) is 3.79. The number of aromatic nitrogens is 3. The van der Waals surface area contributed by atoms with E-state index < -0.39 is 11.6 Å². The fraction of sp³-hybridized carbons (Fsp3) is 0.265. The molecular weight excluding hydrogens is 551 g/mol. The van der Waals surface area contributed by atoms with Crippen molar-refractivity contribution >= 4 is 22.3 Å². The third-order valence-electron chi connectivity index (χ3n) is 8.44. The summed E-state index contributed by atoms with van der Waals surface area (Å²) in [6.45, 7) is 2.66. The number of fused-ring (bicyclic) bond motifs is 2. The molecule has 9 heteroatoms. The molecule has 1 saturated heterocycles. The van der Waals surface area contributed by atoms with Gasteiger partial charge in [0.1, 0.15) is 23.9 Å². The first kappa shape index (κ1) is 27.3. The lowest BCUT2D eigenvalue weighted by atomic mass is 9.88. The fourth-order valence-electron chi connectivity index (χ4n) is 6.20. The van der Waals surface area contributed by atoms with Crippen molar-refractivity contribution in [3.8, 4) is 17.0 Å². The van der Waals surface area contributed by atoms with Crippen molar-refractivity contribution < 1.29 is 17.9 Å². The van der Waals surface area contributed by atoms with Crippen LogP contribution in [-0.2, 0) is 6.42 Å². The highest BCUT2D eigenvalue weighted by Gasteiger charge is 2.27. The Morgan fingerprint density at radius 1 is 0.860 bits per heavy atom. The number of hydrogen-bond acceptors (Lipinski definition) is 6. The van der Waals surface area contributed by atoms with Crippen molar-refractivity contribution in [2.45, 2.75) is 25.2 Å². The van der Waals surface area contributed by atoms with Crippen LogP contribution in [0.15, 0.2) is 73.1 Å². The number of piperidine rings is 1. The molecule has 0 bridgehead atoms. The number of ether oxygens (including phenoxy) is 1. The number of nitrogens with zero attached hydrogens (tertiary/aromatic N) is 5. The largest absolute Gasteiger partial charge is 0.486 e. The molecule has 0 N–H and O–H groups in total. The predicted molar refractivity (Wildman–Crippen MR) is 160 cm³/mol. The molecule has 0 unspecified atom stereocenters. The number of halogens is 3. The molecule has 0 atom stereocenters. The average molecular weight is 582 g/mol. The molecule has 0 aliphatic carbocycles. The Morgan fingerprint density at radius 2 is 1.72 bits per heavy atom. The second-order valence-electron chi connectivity index (χ2n) is 11.2. The normalized spacial score (nSPS) is 15.9. The van der Waals surface area contributed by atoms with E-state index in [0.29, 0.717) is 30.2 Å². The third-order valence-corrected chi connectivity index (χ3v) is 8.44. The highest BCUT2D eigenvalue weighted by Crippen LogP contribution is 2.43. The Balaban J connectivity index is 1.21. The Morgan fingerprint density at radius 3 is 2.56 bits per heavy atom. The molecule has 7 rings (SSSR count). The summed E-state index contributed by atoms with van der Waals surface area (Å²) in [5.74, 6) is -0.910. The van der Waals surface area contributed by atoms with Crippen LogP contribution in [-0.4, -0.2) is 53.1 Å². The summed E-state index contributed by atoms with van der Waals surface area (Å²) in [4.78, 5) is 17.3. The van der Waals surface area contributed by atoms with Crippen molar-refractivity contribution in [3.05, 3.63) is 107 Å². The van der Waals surface area contributed by atoms with Gasteiger partial charge in [-0.05, 0) is 92.5 Å². The summed E-state index contributed by atoms with van der Waals surface area (Å²) >= 11 is 0. The molecule has 218 valence electrons. The molecule has 5 aromatic rings. The SMILES string of the molecule is CN1CCC(c2ccc(Cc3ncc(F)c(-c4cc(F)c5c(c4)N(c4cccc6ncccc46)CCO5)n3)cc2F)CC1. The lowest BCUT2D eigenvalue weighted by Gasteiger charge is -2.32. The molecule has 1 fully saturated rings. The molecule has 43 heavy (non-hydrogen) atoms. The van der Waals surface area contributed by atoms with Gasteiger partial charge in [0.2, 0.25) is 0 Å². The zero-order valence-electron chi connectivity index (χ0n) is 23.7. The minimum absolute atomic E-state index is 0.0276. The number of likely N-dealkylation sites (tertiary alicyclic amines) is 1. The molecule has 4 heterocycles. The Labute approximate surface area is 247 Å². The van der Waals surface area contributed by atoms with E-state index in [1.165, 1.54) is 12.1 Å². The van der Waals surface area contributed by atoms with Gasteiger partial charge < -0.3 is 14.5 Å². The van der Waals surface area contributed by atoms with Gasteiger partial charge in [0.15, 0.2) is 17.4 Å². The van der Waals surface area contributed by atoms with Crippen LogP contribution in [0.2, 0.25) is 0 Å². The summed E-state index contributed by atoms with van der Waals surface area (Å²) < 4.78 is 51.5. The van der Waals surface area contributed by atoms with Crippen molar-refractivity contribution in [1.29, 1.82) is 0 Å². The number of pyridine rings is 1. The lowest BCUT2D eigenvalue weighted by Crippen LogP contribution is -2.29. The lowest BCUT2D eigenvalue weighted by molar-refractivity contribution is 0.253. The number of hydrogen-bond donors (Lipinski definition) is 0. The zero-order valence-corrected chi connectivity index (χ0v) is 23.7. The van der Waals surface area contributed by atoms with Crippen LogP contribution in [0.3, 0.4) is 0 Å². The number of benzene rings is 3. The van der Waals surface area contributed by atoms with Crippen LogP contribution in [0.4, 0.5) is 24.5 Å². The molecular formula is C34H30F3N5O. The number of anilines is 2. The van der Waals surface area contributed by atoms with E-state index >= 15 is 13.2 Å². The van der Waals surface area contributed by atoms with E-state index in [0.717, 1.165) is 54.3 Å². The first-order valence-electron chi connectivity index (χ1n) is 14.5. The van der Waals surface area contributed by atoms with Crippen LogP contribution in [0.25, 0.3) is 22.2 Å². The van der Waals surface area contributed by atoms with Gasteiger partial charge in [-0.25, -0.2) is 23.1 Å². The Hall–Kier alpha value is -4.50. The predicted octanol–water partition coefficient (Wildman–Crippen LogP) is 7.04. The highest BCUT2D eigenvalue weighted by atomic mass is 19.1. The van der Waals surface area contributed by atoms with Crippen molar-refractivity contribution in [1.82, 2.24) is 19.9 Å². The molecule has 2 aromatic heterocycles. The summed E-state index contributed by atoms with van der Waals surface area (Å²) in [7, 11) is 2.08. The van der Waals surface area contributed by atoms with Gasteiger partial charge >= 0.3 is 0 Å². The third kappa shape index (κ3) is 5.29. The smallest absolute Gasteiger partial charge is 0.178 e. The van der Waals surface area contributed by atoms with Gasteiger partial charge in [-0.15, -0.1) is 0 Å². The molecule has 3 aromatic carbocycles. The first-order valence-corrected chi connectivity index (χ1v) is 14.5. The van der Waals surface area contributed by atoms with Crippen molar-refractivity contribution in [2.75, 3.05) is 38.2 Å².